The topological polar surface area (TPSA) is 22.2 Å². The Hall–Kier alpha value is -2.73. The van der Waals surface area contributed by atoms with Crippen molar-refractivity contribution in [3.05, 3.63) is 88.8 Å². The standard InChI is InChI=1S/C23H18N3.Ir/c1-15-9-8-12-20-22(15)26(23(25-20)18-10-6-5-7-11-18)21-16(2)13-19(24-4)14-17(21)3;/h5-10,12-14H,1-3H3;/q-1;. The molecule has 0 atom stereocenters. The van der Waals surface area contributed by atoms with Crippen molar-refractivity contribution in [2.45, 2.75) is 20.8 Å². The summed E-state index contributed by atoms with van der Waals surface area (Å²) >= 11 is 0. The number of aromatic nitrogens is 2. The smallest absolute Gasteiger partial charge is 0.187 e. The van der Waals surface area contributed by atoms with Gasteiger partial charge in [0.25, 0.3) is 0 Å². The Kier molecular flexibility index (Phi) is 5.28. The van der Waals surface area contributed by atoms with E-state index in [1.807, 2.05) is 48.5 Å². The molecule has 0 amide bonds. The Morgan fingerprint density at radius 3 is 2.33 bits per heavy atom. The quantitative estimate of drug-likeness (QED) is 0.294. The number of imidazole rings is 1. The van der Waals surface area contributed by atoms with Crippen molar-refractivity contribution in [1.82, 2.24) is 9.55 Å². The summed E-state index contributed by atoms with van der Waals surface area (Å²) in [6.07, 6.45) is 0. The second kappa shape index (κ2) is 7.48. The van der Waals surface area contributed by atoms with Gasteiger partial charge < -0.3 is 4.57 Å². The molecule has 4 aromatic rings. The van der Waals surface area contributed by atoms with Crippen LogP contribution >= 0.6 is 0 Å². The molecule has 0 unspecified atom stereocenters. The van der Waals surface area contributed by atoms with Gasteiger partial charge in [-0.05, 0) is 43.5 Å². The van der Waals surface area contributed by atoms with Gasteiger partial charge >= 0.3 is 0 Å². The molecule has 1 aromatic heterocycles. The first kappa shape index (κ1) is 19.0. The van der Waals surface area contributed by atoms with Crippen LogP contribution in [0, 0.1) is 33.4 Å². The van der Waals surface area contributed by atoms with Gasteiger partial charge in [0.2, 0.25) is 0 Å². The molecule has 1 radical (unpaired) electrons. The molecule has 27 heavy (non-hydrogen) atoms. The van der Waals surface area contributed by atoms with Crippen molar-refractivity contribution in [1.29, 1.82) is 0 Å². The van der Waals surface area contributed by atoms with Crippen molar-refractivity contribution in [3.63, 3.8) is 0 Å². The van der Waals surface area contributed by atoms with Crippen LogP contribution in [0.4, 0.5) is 5.69 Å². The second-order valence-corrected chi connectivity index (χ2v) is 6.53. The van der Waals surface area contributed by atoms with Crippen LogP contribution in [-0.4, -0.2) is 9.55 Å². The van der Waals surface area contributed by atoms with Crippen LogP contribution in [0.1, 0.15) is 16.7 Å². The van der Waals surface area contributed by atoms with E-state index in [4.69, 9.17) is 11.6 Å². The zero-order valence-electron chi connectivity index (χ0n) is 15.4. The summed E-state index contributed by atoms with van der Waals surface area (Å²) in [6, 6.07) is 21.3. The molecule has 1 heterocycles. The molecule has 0 aliphatic heterocycles. The van der Waals surface area contributed by atoms with Crippen LogP contribution in [0.3, 0.4) is 0 Å². The molecule has 3 aromatic carbocycles. The number of rotatable bonds is 2. The summed E-state index contributed by atoms with van der Waals surface area (Å²) in [5.74, 6) is 0.872. The molecule has 0 aliphatic rings. The van der Waals surface area contributed by atoms with E-state index in [9.17, 15) is 0 Å². The first-order chi connectivity index (χ1) is 12.6. The summed E-state index contributed by atoms with van der Waals surface area (Å²) in [7, 11) is 0. The van der Waals surface area contributed by atoms with Crippen LogP contribution in [0.15, 0.2) is 54.6 Å². The minimum absolute atomic E-state index is 0. The summed E-state index contributed by atoms with van der Waals surface area (Å²) < 4.78 is 2.22. The average molecular weight is 529 g/mol. The third kappa shape index (κ3) is 3.21. The van der Waals surface area contributed by atoms with Crippen LogP contribution in [0.2, 0.25) is 0 Å². The van der Waals surface area contributed by atoms with Gasteiger partial charge in [0.15, 0.2) is 5.69 Å². The Balaban J connectivity index is 0.00000210. The summed E-state index contributed by atoms with van der Waals surface area (Å²) in [5.41, 5.74) is 8.07. The van der Waals surface area contributed by atoms with E-state index >= 15 is 0 Å². The van der Waals surface area contributed by atoms with E-state index in [0.29, 0.717) is 5.69 Å². The number of aryl methyl sites for hydroxylation is 3. The molecule has 3 nitrogen and oxygen atoms in total. The molecule has 135 valence electrons. The minimum Gasteiger partial charge on any atom is -0.333 e. The number of benzene rings is 3. The number of nitrogens with zero attached hydrogens (tertiary/aromatic N) is 3. The fraction of sp³-hybridized carbons (Fsp3) is 0.130. The molecular formula is C23H18IrN3-. The maximum Gasteiger partial charge on any atom is 0.187 e. The van der Waals surface area contributed by atoms with E-state index in [1.54, 1.807) is 0 Å². The SMILES string of the molecule is [C-]#[N+]c1cc(C)c(-n2c(-c3[c-]cccc3)nc3cccc(C)c32)c(C)c1.[Ir]. The zero-order chi connectivity index (χ0) is 18.3. The number of para-hydroxylation sites is 1. The van der Waals surface area contributed by atoms with Crippen molar-refractivity contribution >= 4 is 16.7 Å². The van der Waals surface area contributed by atoms with Gasteiger partial charge in [-0.2, -0.15) is 0 Å². The van der Waals surface area contributed by atoms with Gasteiger partial charge in [-0.25, -0.2) is 4.85 Å². The van der Waals surface area contributed by atoms with E-state index in [1.165, 1.54) is 5.56 Å². The van der Waals surface area contributed by atoms with Gasteiger partial charge in [-0.3, -0.25) is 4.98 Å². The van der Waals surface area contributed by atoms with E-state index in [-0.39, 0.29) is 20.1 Å². The summed E-state index contributed by atoms with van der Waals surface area (Å²) in [6.45, 7) is 13.5. The molecule has 0 N–H and O–H groups in total. The zero-order valence-corrected chi connectivity index (χ0v) is 17.8. The molecule has 0 spiro atoms. The Bertz CT molecular complexity index is 1140. The molecular weight excluding hydrogens is 510 g/mol. The van der Waals surface area contributed by atoms with Gasteiger partial charge in [-0.1, -0.05) is 24.3 Å². The molecule has 0 bridgehead atoms. The maximum absolute atomic E-state index is 7.33. The van der Waals surface area contributed by atoms with Crippen LogP contribution in [-0.2, 0) is 20.1 Å². The summed E-state index contributed by atoms with van der Waals surface area (Å²) in [4.78, 5) is 8.51. The third-order valence-corrected chi connectivity index (χ3v) is 4.66. The first-order valence-electron chi connectivity index (χ1n) is 8.54. The largest absolute Gasteiger partial charge is 0.333 e. The minimum atomic E-state index is 0. The third-order valence-electron chi connectivity index (χ3n) is 4.66. The molecule has 0 fully saturated rings. The number of hydrogen-bond donors (Lipinski definition) is 0. The number of fused-ring (bicyclic) bond motifs is 1. The van der Waals surface area contributed by atoms with Crippen molar-refractivity contribution < 1.29 is 20.1 Å². The van der Waals surface area contributed by atoms with Crippen LogP contribution in [0.5, 0.6) is 0 Å². The summed E-state index contributed by atoms with van der Waals surface area (Å²) in [5, 5.41) is 0. The Morgan fingerprint density at radius 1 is 0.963 bits per heavy atom. The fourth-order valence-corrected chi connectivity index (χ4v) is 3.58. The van der Waals surface area contributed by atoms with Crippen LogP contribution in [0.25, 0.3) is 33.0 Å². The van der Waals surface area contributed by atoms with Crippen molar-refractivity contribution in [2.75, 3.05) is 0 Å². The molecule has 0 saturated heterocycles. The van der Waals surface area contributed by atoms with Gasteiger partial charge in [-0.15, -0.1) is 35.9 Å². The number of hydrogen-bond acceptors (Lipinski definition) is 1. The first-order valence-corrected chi connectivity index (χ1v) is 8.54. The molecule has 4 rings (SSSR count). The molecule has 0 aliphatic carbocycles. The van der Waals surface area contributed by atoms with Gasteiger partial charge in [0.05, 0.1) is 23.4 Å². The van der Waals surface area contributed by atoms with Crippen molar-refractivity contribution in [3.8, 4) is 17.1 Å². The predicted octanol–water partition coefficient (Wildman–Crippen LogP) is 5.97. The van der Waals surface area contributed by atoms with Gasteiger partial charge in [0.1, 0.15) is 0 Å². The fourth-order valence-electron chi connectivity index (χ4n) is 3.58. The molecule has 4 heteroatoms. The van der Waals surface area contributed by atoms with E-state index in [0.717, 1.165) is 39.2 Å². The Morgan fingerprint density at radius 2 is 1.70 bits per heavy atom. The van der Waals surface area contributed by atoms with Crippen LogP contribution < -0.4 is 0 Å². The maximum atomic E-state index is 7.33. The predicted molar refractivity (Wildman–Crippen MR) is 106 cm³/mol. The normalized spacial score (nSPS) is 10.4. The van der Waals surface area contributed by atoms with E-state index < -0.39 is 0 Å². The molecule has 0 saturated carbocycles. The van der Waals surface area contributed by atoms with E-state index in [2.05, 4.69) is 42.3 Å². The van der Waals surface area contributed by atoms with Gasteiger partial charge in [0, 0.05) is 25.8 Å². The second-order valence-electron chi connectivity index (χ2n) is 6.53. The monoisotopic (exact) mass is 529 g/mol. The Labute approximate surface area is 172 Å². The van der Waals surface area contributed by atoms with Crippen molar-refractivity contribution in [2.24, 2.45) is 0 Å². The average Bonchev–Trinajstić information content (AvgIpc) is 3.02.